The van der Waals surface area contributed by atoms with E-state index in [-0.39, 0.29) is 16.8 Å². The molecule has 146 valence electrons. The van der Waals surface area contributed by atoms with E-state index >= 15 is 0 Å². The highest BCUT2D eigenvalue weighted by molar-refractivity contribution is 7.89. The molecule has 0 atom stereocenters. The predicted octanol–water partition coefficient (Wildman–Crippen LogP) is 3.20. The number of anilines is 1. The molecule has 1 aliphatic rings. The van der Waals surface area contributed by atoms with E-state index in [4.69, 9.17) is 0 Å². The number of nitrogens with one attached hydrogen (secondary N) is 1. The molecule has 1 aliphatic heterocycles. The van der Waals surface area contributed by atoms with Crippen LogP contribution in [0.3, 0.4) is 0 Å². The highest BCUT2D eigenvalue weighted by Gasteiger charge is 2.28. The lowest BCUT2D eigenvalue weighted by molar-refractivity contribution is 0.102. The normalized spacial score (nSPS) is 15.9. The smallest absolute Gasteiger partial charge is 0.256 e. The molecular formula is C19H26N4O3S. The van der Waals surface area contributed by atoms with E-state index in [1.54, 1.807) is 36.0 Å². The van der Waals surface area contributed by atoms with Crippen LogP contribution in [0.25, 0.3) is 0 Å². The predicted molar refractivity (Wildman–Crippen MR) is 104 cm³/mol. The van der Waals surface area contributed by atoms with Gasteiger partial charge in [0, 0.05) is 30.8 Å². The molecule has 0 saturated carbocycles. The van der Waals surface area contributed by atoms with E-state index < -0.39 is 10.0 Å². The Bertz CT molecular complexity index is 928. The van der Waals surface area contributed by atoms with E-state index in [2.05, 4.69) is 10.4 Å². The second-order valence-electron chi connectivity index (χ2n) is 7.15. The van der Waals surface area contributed by atoms with Gasteiger partial charge in [-0.1, -0.05) is 12.5 Å². The largest absolute Gasteiger partial charge is 0.307 e. The molecule has 0 radical (unpaired) electrons. The minimum atomic E-state index is -3.60. The highest BCUT2D eigenvalue weighted by Crippen LogP contribution is 2.25. The minimum absolute atomic E-state index is 0.100. The first kappa shape index (κ1) is 19.6. The van der Waals surface area contributed by atoms with Crippen LogP contribution in [0.5, 0.6) is 0 Å². The molecule has 1 amide bonds. The van der Waals surface area contributed by atoms with Crippen molar-refractivity contribution in [1.29, 1.82) is 0 Å². The van der Waals surface area contributed by atoms with Crippen LogP contribution in [0.2, 0.25) is 0 Å². The molecule has 0 aliphatic carbocycles. The van der Waals surface area contributed by atoms with Crippen molar-refractivity contribution in [2.75, 3.05) is 18.4 Å². The van der Waals surface area contributed by atoms with Crippen LogP contribution in [-0.4, -0.2) is 41.5 Å². The van der Waals surface area contributed by atoms with Crippen LogP contribution in [0, 0.1) is 6.92 Å². The summed E-state index contributed by atoms with van der Waals surface area (Å²) in [5, 5.41) is 7.01. The number of nitrogens with zero attached hydrogens (tertiary/aromatic N) is 3. The molecule has 3 rings (SSSR count). The number of carbonyl (C=O) groups is 1. The van der Waals surface area contributed by atoms with Crippen molar-refractivity contribution in [2.45, 2.75) is 51.0 Å². The van der Waals surface area contributed by atoms with Crippen LogP contribution < -0.4 is 5.32 Å². The Morgan fingerprint density at radius 2 is 1.85 bits per heavy atom. The average Bonchev–Trinajstić information content (AvgIpc) is 3.11. The lowest BCUT2D eigenvalue weighted by Gasteiger charge is -2.26. The zero-order valence-electron chi connectivity index (χ0n) is 16.0. The van der Waals surface area contributed by atoms with Crippen molar-refractivity contribution in [1.82, 2.24) is 14.1 Å². The summed E-state index contributed by atoms with van der Waals surface area (Å²) in [6.45, 7) is 6.76. The van der Waals surface area contributed by atoms with E-state index in [1.807, 2.05) is 13.8 Å². The van der Waals surface area contributed by atoms with E-state index in [0.717, 1.165) is 19.3 Å². The zero-order valence-corrected chi connectivity index (χ0v) is 16.8. The molecular weight excluding hydrogens is 364 g/mol. The summed E-state index contributed by atoms with van der Waals surface area (Å²) >= 11 is 0. The first-order valence-corrected chi connectivity index (χ1v) is 10.7. The highest BCUT2D eigenvalue weighted by atomic mass is 32.2. The lowest BCUT2D eigenvalue weighted by atomic mass is 10.1. The van der Waals surface area contributed by atoms with Gasteiger partial charge in [-0.05, 0) is 51.3 Å². The quantitative estimate of drug-likeness (QED) is 0.850. The Kier molecular flexibility index (Phi) is 5.67. The van der Waals surface area contributed by atoms with Crippen LogP contribution in [-0.2, 0) is 10.0 Å². The van der Waals surface area contributed by atoms with E-state index in [9.17, 15) is 13.2 Å². The molecule has 1 fully saturated rings. The Morgan fingerprint density at radius 3 is 2.52 bits per heavy atom. The van der Waals surface area contributed by atoms with Gasteiger partial charge in [-0.2, -0.15) is 9.40 Å². The van der Waals surface area contributed by atoms with Gasteiger partial charge < -0.3 is 5.32 Å². The fourth-order valence-electron chi connectivity index (χ4n) is 3.28. The SMILES string of the molecule is Cc1ccc(C(=O)Nc2ccnn2C(C)C)cc1S(=O)(=O)N1CCCCC1. The molecule has 7 nitrogen and oxygen atoms in total. The van der Waals surface area contributed by atoms with Crippen molar-refractivity contribution >= 4 is 21.7 Å². The van der Waals surface area contributed by atoms with Gasteiger partial charge in [-0.25, -0.2) is 13.1 Å². The van der Waals surface area contributed by atoms with Gasteiger partial charge in [-0.15, -0.1) is 0 Å². The molecule has 1 aromatic carbocycles. The third-order valence-corrected chi connectivity index (χ3v) is 6.82. The molecule has 1 aromatic heterocycles. The maximum Gasteiger partial charge on any atom is 0.256 e. The number of rotatable bonds is 5. The summed E-state index contributed by atoms with van der Waals surface area (Å²) in [5.74, 6) is 0.225. The maximum atomic E-state index is 13.0. The Balaban J connectivity index is 1.88. The summed E-state index contributed by atoms with van der Waals surface area (Å²) in [5.41, 5.74) is 0.956. The summed E-state index contributed by atoms with van der Waals surface area (Å²) in [7, 11) is -3.60. The molecule has 1 saturated heterocycles. The lowest BCUT2D eigenvalue weighted by Crippen LogP contribution is -2.36. The zero-order chi connectivity index (χ0) is 19.6. The van der Waals surface area contributed by atoms with E-state index in [0.29, 0.717) is 30.0 Å². The Morgan fingerprint density at radius 1 is 1.15 bits per heavy atom. The Hall–Kier alpha value is -2.19. The second kappa shape index (κ2) is 7.82. The van der Waals surface area contributed by atoms with Gasteiger partial charge in [-0.3, -0.25) is 4.79 Å². The van der Waals surface area contributed by atoms with Crippen molar-refractivity contribution in [2.24, 2.45) is 0 Å². The third-order valence-electron chi connectivity index (χ3n) is 4.78. The number of hydrogen-bond donors (Lipinski definition) is 1. The number of benzene rings is 1. The molecule has 0 spiro atoms. The number of sulfonamides is 1. The summed E-state index contributed by atoms with van der Waals surface area (Å²) in [6.07, 6.45) is 4.42. The third kappa shape index (κ3) is 4.06. The Labute approximate surface area is 160 Å². The van der Waals surface area contributed by atoms with Gasteiger partial charge in [0.05, 0.1) is 11.1 Å². The average molecular weight is 391 g/mol. The van der Waals surface area contributed by atoms with Crippen molar-refractivity contribution in [3.8, 4) is 0 Å². The van der Waals surface area contributed by atoms with Crippen LogP contribution in [0.15, 0.2) is 35.4 Å². The first-order chi connectivity index (χ1) is 12.8. The van der Waals surface area contributed by atoms with Gasteiger partial charge in [0.2, 0.25) is 10.0 Å². The molecule has 0 bridgehead atoms. The van der Waals surface area contributed by atoms with Crippen molar-refractivity contribution in [3.05, 3.63) is 41.6 Å². The number of aromatic nitrogens is 2. The summed E-state index contributed by atoms with van der Waals surface area (Å²) in [6, 6.07) is 6.63. The fourth-order valence-corrected chi connectivity index (χ4v) is 5.04. The number of hydrogen-bond acceptors (Lipinski definition) is 4. The number of aryl methyl sites for hydroxylation is 1. The first-order valence-electron chi connectivity index (χ1n) is 9.26. The van der Waals surface area contributed by atoms with Crippen LogP contribution in [0.1, 0.15) is 55.1 Å². The van der Waals surface area contributed by atoms with Crippen LogP contribution in [0.4, 0.5) is 5.82 Å². The van der Waals surface area contributed by atoms with Gasteiger partial charge in [0.25, 0.3) is 5.91 Å². The second-order valence-corrected chi connectivity index (χ2v) is 9.06. The van der Waals surface area contributed by atoms with Gasteiger partial charge in [0.15, 0.2) is 0 Å². The number of amides is 1. The standard InChI is InChI=1S/C19H26N4O3S/c1-14(2)23-18(9-10-20-23)21-19(24)16-8-7-15(3)17(13-16)27(25,26)22-11-5-4-6-12-22/h7-10,13-14H,4-6,11-12H2,1-3H3,(H,21,24). The topological polar surface area (TPSA) is 84.3 Å². The van der Waals surface area contributed by atoms with Crippen LogP contribution >= 0.6 is 0 Å². The maximum absolute atomic E-state index is 13.0. The van der Waals surface area contributed by atoms with E-state index in [1.165, 1.54) is 10.4 Å². The van der Waals surface area contributed by atoms with Crippen molar-refractivity contribution < 1.29 is 13.2 Å². The van der Waals surface area contributed by atoms with Crippen molar-refractivity contribution in [3.63, 3.8) is 0 Å². The number of carbonyl (C=O) groups excluding carboxylic acids is 1. The van der Waals surface area contributed by atoms with Gasteiger partial charge in [0.1, 0.15) is 5.82 Å². The van der Waals surface area contributed by atoms with Gasteiger partial charge >= 0.3 is 0 Å². The molecule has 2 heterocycles. The molecule has 0 unspecified atom stereocenters. The molecule has 2 aromatic rings. The summed E-state index contributed by atoms with van der Waals surface area (Å²) < 4.78 is 29.3. The monoisotopic (exact) mass is 390 g/mol. The fraction of sp³-hybridized carbons (Fsp3) is 0.474. The summed E-state index contributed by atoms with van der Waals surface area (Å²) in [4.78, 5) is 12.9. The molecule has 1 N–H and O–H groups in total. The number of piperidine rings is 1. The minimum Gasteiger partial charge on any atom is -0.307 e. The molecule has 8 heteroatoms. The molecule has 27 heavy (non-hydrogen) atoms.